The second kappa shape index (κ2) is 13.1. The van der Waals surface area contributed by atoms with E-state index in [0.29, 0.717) is 12.8 Å². The Morgan fingerprint density at radius 1 is 0.815 bits per heavy atom. The third kappa shape index (κ3) is 11.3. The smallest absolute Gasteiger partial charge is 0.312 e. The van der Waals surface area contributed by atoms with Crippen molar-refractivity contribution in [3.8, 4) is 0 Å². The highest BCUT2D eigenvalue weighted by atomic mass is 31.2. The van der Waals surface area contributed by atoms with E-state index < -0.39 is 15.2 Å². The lowest BCUT2D eigenvalue weighted by Gasteiger charge is -2.12. The lowest BCUT2D eigenvalue weighted by molar-refractivity contribution is -0.117. The number of hydrogen-bond acceptors (Lipinski definition) is 8. The molecule has 1 aromatic rings. The Bertz CT molecular complexity index is 659. The SMILES string of the molecule is COP(=O)(CC(=O)CCc1ccccc1)OC.COP(=O)(CC(C)=O)OC. The summed E-state index contributed by atoms with van der Waals surface area (Å²) in [4.78, 5) is 22.1. The molecule has 0 heterocycles. The summed E-state index contributed by atoms with van der Waals surface area (Å²) < 4.78 is 41.3. The van der Waals surface area contributed by atoms with Crippen molar-refractivity contribution in [1.82, 2.24) is 0 Å². The van der Waals surface area contributed by atoms with Crippen molar-refractivity contribution in [2.45, 2.75) is 19.8 Å². The molecule has 8 nitrogen and oxygen atoms in total. The summed E-state index contributed by atoms with van der Waals surface area (Å²) in [7, 11) is -1.21. The molecule has 1 aromatic carbocycles. The predicted octanol–water partition coefficient (Wildman–Crippen LogP) is 3.74. The molecule has 0 saturated heterocycles. The van der Waals surface area contributed by atoms with Gasteiger partial charge in [0.15, 0.2) is 0 Å². The van der Waals surface area contributed by atoms with Gasteiger partial charge >= 0.3 is 15.2 Å². The van der Waals surface area contributed by atoms with Crippen LogP contribution in [0.3, 0.4) is 0 Å². The van der Waals surface area contributed by atoms with Crippen molar-refractivity contribution < 1.29 is 36.8 Å². The Hall–Kier alpha value is -1.14. The highest BCUT2D eigenvalue weighted by Gasteiger charge is 2.25. The van der Waals surface area contributed by atoms with Crippen molar-refractivity contribution in [3.63, 3.8) is 0 Å². The second-order valence-electron chi connectivity index (χ2n) is 5.49. The number of aryl methyl sites for hydroxylation is 1. The van der Waals surface area contributed by atoms with Gasteiger partial charge in [-0.05, 0) is 18.9 Å². The number of rotatable bonds is 11. The van der Waals surface area contributed by atoms with Gasteiger partial charge in [0, 0.05) is 34.9 Å². The molecule has 0 atom stereocenters. The first-order chi connectivity index (χ1) is 12.6. The standard InChI is InChI=1S/C12H17O4P.C5H11O4P/c1-15-17(14,16-2)10-12(13)9-8-11-6-4-3-5-7-11;1-5(6)4-10(7,8-2)9-3/h3-7H,8-10H2,1-2H3;4H2,1-3H3. The summed E-state index contributed by atoms with van der Waals surface area (Å²) in [5.74, 6) is -0.312. The van der Waals surface area contributed by atoms with E-state index in [0.717, 1.165) is 5.56 Å². The molecule has 27 heavy (non-hydrogen) atoms. The van der Waals surface area contributed by atoms with Gasteiger partial charge in [-0.1, -0.05) is 30.3 Å². The van der Waals surface area contributed by atoms with E-state index in [1.165, 1.54) is 35.4 Å². The van der Waals surface area contributed by atoms with Gasteiger partial charge in [0.2, 0.25) is 0 Å². The largest absolute Gasteiger partial charge is 0.337 e. The number of ketones is 2. The van der Waals surface area contributed by atoms with Gasteiger partial charge in [0.1, 0.15) is 23.9 Å². The van der Waals surface area contributed by atoms with Crippen LogP contribution in [0.5, 0.6) is 0 Å². The van der Waals surface area contributed by atoms with Crippen LogP contribution in [-0.2, 0) is 43.2 Å². The molecule has 1 rings (SSSR count). The second-order valence-corrected chi connectivity index (χ2v) is 10.0. The van der Waals surface area contributed by atoms with Gasteiger partial charge < -0.3 is 18.1 Å². The van der Waals surface area contributed by atoms with Crippen molar-refractivity contribution >= 4 is 26.8 Å². The third-order valence-electron chi connectivity index (χ3n) is 3.43. The minimum atomic E-state index is -3.21. The molecule has 0 radical (unpaired) electrons. The van der Waals surface area contributed by atoms with Crippen molar-refractivity contribution in [2.75, 3.05) is 40.8 Å². The van der Waals surface area contributed by atoms with E-state index in [1.54, 1.807) is 0 Å². The molecule has 0 fully saturated rings. The van der Waals surface area contributed by atoms with Crippen LogP contribution in [0.4, 0.5) is 0 Å². The molecule has 0 unspecified atom stereocenters. The maximum absolute atomic E-state index is 11.7. The number of carbonyl (C=O) groups excluding carboxylic acids is 2. The first kappa shape index (κ1) is 25.9. The number of benzene rings is 1. The minimum absolute atomic E-state index is 0.110. The molecule has 0 bridgehead atoms. The van der Waals surface area contributed by atoms with Crippen LogP contribution < -0.4 is 0 Å². The predicted molar refractivity (Wildman–Crippen MR) is 103 cm³/mol. The fourth-order valence-corrected chi connectivity index (χ4v) is 3.85. The van der Waals surface area contributed by atoms with Crippen LogP contribution in [0.15, 0.2) is 30.3 Å². The Kier molecular flexibility index (Phi) is 12.6. The van der Waals surface area contributed by atoms with E-state index in [2.05, 4.69) is 9.05 Å². The van der Waals surface area contributed by atoms with Gasteiger partial charge in [0.05, 0.1) is 0 Å². The molecule has 0 aliphatic carbocycles. The molecule has 0 amide bonds. The van der Waals surface area contributed by atoms with Crippen molar-refractivity contribution in [3.05, 3.63) is 35.9 Å². The van der Waals surface area contributed by atoms with Crippen LogP contribution in [0, 0.1) is 0 Å². The first-order valence-electron chi connectivity index (χ1n) is 8.09. The molecule has 0 spiro atoms. The average Bonchev–Trinajstić information content (AvgIpc) is 2.67. The van der Waals surface area contributed by atoms with Crippen molar-refractivity contribution in [2.24, 2.45) is 0 Å². The highest BCUT2D eigenvalue weighted by molar-refractivity contribution is 7.55. The zero-order valence-corrected chi connectivity index (χ0v) is 18.2. The van der Waals surface area contributed by atoms with E-state index in [9.17, 15) is 18.7 Å². The Morgan fingerprint density at radius 2 is 1.26 bits per heavy atom. The lowest BCUT2D eigenvalue weighted by Crippen LogP contribution is -2.08. The van der Waals surface area contributed by atoms with Crippen LogP contribution in [-0.4, -0.2) is 52.3 Å². The minimum Gasteiger partial charge on any atom is -0.312 e. The monoisotopic (exact) mass is 422 g/mol. The molecular formula is C17H28O8P2. The van der Waals surface area contributed by atoms with Crippen LogP contribution >= 0.6 is 15.2 Å². The van der Waals surface area contributed by atoms with Crippen LogP contribution in [0.25, 0.3) is 0 Å². The third-order valence-corrected chi connectivity index (χ3v) is 7.23. The van der Waals surface area contributed by atoms with E-state index in [-0.39, 0.29) is 23.9 Å². The van der Waals surface area contributed by atoms with Gasteiger partial charge in [-0.3, -0.25) is 18.7 Å². The molecule has 154 valence electrons. The molecule has 0 N–H and O–H groups in total. The zero-order chi connectivity index (χ0) is 20.9. The summed E-state index contributed by atoms with van der Waals surface area (Å²) in [6, 6.07) is 9.69. The first-order valence-corrected chi connectivity index (χ1v) is 11.5. The summed E-state index contributed by atoms with van der Waals surface area (Å²) in [5, 5.41) is 0. The average molecular weight is 422 g/mol. The Balaban J connectivity index is 0.000000580. The summed E-state index contributed by atoms with van der Waals surface area (Å²) >= 11 is 0. The summed E-state index contributed by atoms with van der Waals surface area (Å²) in [5.41, 5.74) is 1.09. The molecule has 10 heteroatoms. The lowest BCUT2D eigenvalue weighted by atomic mass is 10.1. The van der Waals surface area contributed by atoms with E-state index in [4.69, 9.17) is 9.05 Å². The van der Waals surface area contributed by atoms with E-state index in [1.807, 2.05) is 30.3 Å². The number of Topliss-reactive ketones (excluding diaryl/α,β-unsaturated/α-hetero) is 2. The summed E-state index contributed by atoms with van der Waals surface area (Å²) in [6.07, 6.45) is 0.681. The van der Waals surface area contributed by atoms with Gasteiger partial charge in [0.25, 0.3) is 0 Å². The molecule has 0 aliphatic rings. The summed E-state index contributed by atoms with van der Waals surface area (Å²) in [6.45, 7) is 1.34. The Labute approximate surface area is 160 Å². The molecule has 0 aliphatic heterocycles. The highest BCUT2D eigenvalue weighted by Crippen LogP contribution is 2.46. The fourth-order valence-electron chi connectivity index (χ4n) is 1.90. The quantitative estimate of drug-likeness (QED) is 0.497. The zero-order valence-electron chi connectivity index (χ0n) is 16.4. The van der Waals surface area contributed by atoms with Gasteiger partial charge in [-0.2, -0.15) is 0 Å². The van der Waals surface area contributed by atoms with E-state index >= 15 is 0 Å². The molecule has 0 aromatic heterocycles. The van der Waals surface area contributed by atoms with Crippen molar-refractivity contribution in [1.29, 1.82) is 0 Å². The molecule has 0 saturated carbocycles. The van der Waals surface area contributed by atoms with Crippen LogP contribution in [0.2, 0.25) is 0 Å². The number of carbonyl (C=O) groups is 2. The van der Waals surface area contributed by atoms with Gasteiger partial charge in [-0.15, -0.1) is 0 Å². The number of hydrogen-bond donors (Lipinski definition) is 0. The van der Waals surface area contributed by atoms with Crippen LogP contribution in [0.1, 0.15) is 18.9 Å². The fraction of sp³-hybridized carbons (Fsp3) is 0.529. The Morgan fingerprint density at radius 3 is 1.63 bits per heavy atom. The maximum atomic E-state index is 11.7. The molecular weight excluding hydrogens is 394 g/mol. The normalized spacial score (nSPS) is 11.4. The maximum Gasteiger partial charge on any atom is 0.337 e. The van der Waals surface area contributed by atoms with Gasteiger partial charge in [-0.25, -0.2) is 0 Å². The topological polar surface area (TPSA) is 105 Å².